The van der Waals surface area contributed by atoms with Gasteiger partial charge in [0.15, 0.2) is 0 Å². The number of nitrogens with one attached hydrogen (secondary N) is 1. The molecule has 3 fully saturated rings. The van der Waals surface area contributed by atoms with Gasteiger partial charge in [-0.3, -0.25) is 24.5 Å². The molecule has 2 aromatic rings. The van der Waals surface area contributed by atoms with Crippen LogP contribution in [0.5, 0.6) is 0 Å². The minimum absolute atomic E-state index is 0.128. The van der Waals surface area contributed by atoms with Crippen molar-refractivity contribution >= 4 is 46.8 Å². The molecule has 3 saturated heterocycles. The second-order valence-electron chi connectivity index (χ2n) is 10.1. The maximum atomic E-state index is 14.4. The molecule has 10 heteroatoms. The smallest absolute Gasteiger partial charge is 0.253 e. The molecule has 4 heterocycles. The normalized spacial score (nSPS) is 28.4. The van der Waals surface area contributed by atoms with Gasteiger partial charge in [0.2, 0.25) is 17.7 Å². The van der Waals surface area contributed by atoms with Gasteiger partial charge in [-0.25, -0.2) is 4.90 Å². The van der Waals surface area contributed by atoms with Gasteiger partial charge >= 0.3 is 0 Å². The van der Waals surface area contributed by atoms with Crippen LogP contribution >= 0.6 is 11.8 Å². The lowest BCUT2D eigenvalue weighted by Crippen LogP contribution is -2.56. The van der Waals surface area contributed by atoms with Gasteiger partial charge in [-0.05, 0) is 36.6 Å². The first-order valence-corrected chi connectivity index (χ1v) is 14.3. The lowest BCUT2D eigenvalue weighted by atomic mass is 9.76. The van der Waals surface area contributed by atoms with Gasteiger partial charge in [0.25, 0.3) is 5.91 Å². The van der Waals surface area contributed by atoms with Gasteiger partial charge in [-0.15, -0.1) is 0 Å². The Hall–Kier alpha value is -3.21. The van der Waals surface area contributed by atoms with Crippen LogP contribution < -0.4 is 15.1 Å². The molecular weight excluding hydrogens is 504 g/mol. The predicted octanol–water partition coefficient (Wildman–Crippen LogP) is 1.62. The molecule has 4 aliphatic heterocycles. The summed E-state index contributed by atoms with van der Waals surface area (Å²) < 4.78 is 5.37. The summed E-state index contributed by atoms with van der Waals surface area (Å²) in [6.45, 7) is 1.76. The number of morpholine rings is 1. The van der Waals surface area contributed by atoms with Gasteiger partial charge in [0.1, 0.15) is 12.1 Å². The lowest BCUT2D eigenvalue weighted by Gasteiger charge is -2.31. The highest BCUT2D eigenvalue weighted by Gasteiger charge is 2.71. The van der Waals surface area contributed by atoms with Gasteiger partial charge in [0, 0.05) is 30.4 Å². The minimum Gasteiger partial charge on any atom is -0.378 e. The molecule has 4 amide bonds. The van der Waals surface area contributed by atoms with E-state index in [4.69, 9.17) is 4.74 Å². The van der Waals surface area contributed by atoms with Crippen molar-refractivity contribution in [2.75, 3.05) is 54.7 Å². The van der Waals surface area contributed by atoms with E-state index in [1.165, 1.54) is 9.80 Å². The number of anilines is 2. The lowest BCUT2D eigenvalue weighted by molar-refractivity contribution is -0.136. The molecule has 0 aromatic heterocycles. The SMILES string of the molecule is CSCCC1NC2(C(=O)N(CC(=O)N3CCOCC3)c3ccccc32)C2C(=O)N(c3ccccc3)C(=O)C12. The van der Waals surface area contributed by atoms with E-state index in [2.05, 4.69) is 5.32 Å². The predicted molar refractivity (Wildman–Crippen MR) is 144 cm³/mol. The Morgan fingerprint density at radius 1 is 1.03 bits per heavy atom. The van der Waals surface area contributed by atoms with Gasteiger partial charge in [-0.1, -0.05) is 36.4 Å². The molecule has 4 aliphatic rings. The average Bonchev–Trinajstić information content (AvgIpc) is 3.52. The first kappa shape index (κ1) is 25.1. The third-order valence-electron chi connectivity index (χ3n) is 8.17. The molecule has 2 aromatic carbocycles. The standard InChI is InChI=1S/C28H30N4O5S/c1-38-16-11-20-23-24(26(35)32(25(23)34)18-7-3-2-4-8-18)28(29-20)19-9-5-6-10-21(19)31(27(28)36)17-22(33)30-12-14-37-15-13-30/h2-10,20,23-24,29H,11-17H2,1H3. The van der Waals surface area contributed by atoms with E-state index in [0.717, 1.165) is 5.75 Å². The number of nitrogens with zero attached hydrogens (tertiary/aromatic N) is 3. The second-order valence-corrected chi connectivity index (χ2v) is 11.1. The van der Waals surface area contributed by atoms with E-state index in [9.17, 15) is 19.2 Å². The number of rotatable bonds is 6. The van der Waals surface area contributed by atoms with E-state index in [0.29, 0.717) is 49.7 Å². The summed E-state index contributed by atoms with van der Waals surface area (Å²) in [6.07, 6.45) is 2.63. The Morgan fingerprint density at radius 2 is 1.74 bits per heavy atom. The number of ether oxygens (including phenoxy) is 1. The first-order chi connectivity index (χ1) is 18.5. The number of hydrogen-bond acceptors (Lipinski definition) is 7. The van der Waals surface area contributed by atoms with E-state index >= 15 is 0 Å². The molecule has 4 unspecified atom stereocenters. The summed E-state index contributed by atoms with van der Waals surface area (Å²) in [7, 11) is 0. The number of thioether (sulfide) groups is 1. The molecular formula is C28H30N4O5S. The van der Waals surface area contributed by atoms with Crippen LogP contribution in [0.4, 0.5) is 11.4 Å². The number of imide groups is 1. The van der Waals surface area contributed by atoms with Crippen molar-refractivity contribution in [2.45, 2.75) is 18.0 Å². The fourth-order valence-electron chi connectivity index (χ4n) is 6.48. The van der Waals surface area contributed by atoms with Crippen LogP contribution in [0.25, 0.3) is 0 Å². The molecule has 1 spiro atoms. The molecule has 1 N–H and O–H groups in total. The summed E-state index contributed by atoms with van der Waals surface area (Å²) in [6, 6.07) is 15.9. The molecule has 0 bridgehead atoms. The number of fused-ring (bicyclic) bond motifs is 4. The van der Waals surface area contributed by atoms with Gasteiger partial charge in [0.05, 0.1) is 30.7 Å². The maximum absolute atomic E-state index is 14.4. The second kappa shape index (κ2) is 9.83. The molecule has 198 valence electrons. The van der Waals surface area contributed by atoms with Gasteiger partial charge < -0.3 is 14.5 Å². The van der Waals surface area contributed by atoms with Crippen molar-refractivity contribution in [3.8, 4) is 0 Å². The van der Waals surface area contributed by atoms with Crippen molar-refractivity contribution in [2.24, 2.45) is 11.8 Å². The Morgan fingerprint density at radius 3 is 2.47 bits per heavy atom. The van der Waals surface area contributed by atoms with Crippen molar-refractivity contribution in [3.63, 3.8) is 0 Å². The Bertz CT molecular complexity index is 1280. The van der Waals surface area contributed by atoms with Crippen LogP contribution in [-0.2, 0) is 29.5 Å². The number of para-hydroxylation sites is 2. The summed E-state index contributed by atoms with van der Waals surface area (Å²) in [5, 5.41) is 3.51. The number of carbonyl (C=O) groups excluding carboxylic acids is 4. The number of carbonyl (C=O) groups is 4. The zero-order chi connectivity index (χ0) is 26.4. The minimum atomic E-state index is -1.41. The topological polar surface area (TPSA) is 99.3 Å². The van der Waals surface area contributed by atoms with E-state index in [1.54, 1.807) is 40.9 Å². The monoisotopic (exact) mass is 534 g/mol. The summed E-state index contributed by atoms with van der Waals surface area (Å²) in [4.78, 5) is 60.1. The number of benzene rings is 2. The average molecular weight is 535 g/mol. The van der Waals surface area contributed by atoms with Crippen molar-refractivity contribution < 1.29 is 23.9 Å². The highest BCUT2D eigenvalue weighted by Crippen LogP contribution is 2.55. The Balaban J connectivity index is 1.42. The highest BCUT2D eigenvalue weighted by atomic mass is 32.2. The first-order valence-electron chi connectivity index (χ1n) is 13.0. The third-order valence-corrected chi connectivity index (χ3v) is 8.81. The molecule has 9 nitrogen and oxygen atoms in total. The summed E-state index contributed by atoms with van der Waals surface area (Å²) in [5.74, 6) is -1.98. The molecule has 6 rings (SSSR count). The quantitative estimate of drug-likeness (QED) is 0.563. The zero-order valence-corrected chi connectivity index (χ0v) is 22.0. The molecule has 4 atom stereocenters. The largest absolute Gasteiger partial charge is 0.378 e. The summed E-state index contributed by atoms with van der Waals surface area (Å²) >= 11 is 1.66. The molecule has 0 aliphatic carbocycles. The Kier molecular flexibility index (Phi) is 6.49. The molecule has 38 heavy (non-hydrogen) atoms. The van der Waals surface area contributed by atoms with Crippen LogP contribution in [0.3, 0.4) is 0 Å². The van der Waals surface area contributed by atoms with E-state index < -0.39 is 17.4 Å². The fraction of sp³-hybridized carbons (Fsp3) is 0.429. The summed E-state index contributed by atoms with van der Waals surface area (Å²) in [5.41, 5.74) is 0.354. The number of amides is 4. The van der Waals surface area contributed by atoms with Crippen molar-refractivity contribution in [1.82, 2.24) is 10.2 Å². The Labute approximate surface area is 225 Å². The molecule has 0 saturated carbocycles. The third kappa shape index (κ3) is 3.69. The number of hydrogen-bond donors (Lipinski definition) is 1. The highest BCUT2D eigenvalue weighted by molar-refractivity contribution is 7.98. The van der Waals surface area contributed by atoms with E-state index in [1.807, 2.05) is 36.6 Å². The molecule has 0 radical (unpaired) electrons. The van der Waals surface area contributed by atoms with Crippen LogP contribution in [-0.4, -0.2) is 79.4 Å². The van der Waals surface area contributed by atoms with Crippen molar-refractivity contribution in [1.29, 1.82) is 0 Å². The van der Waals surface area contributed by atoms with Crippen molar-refractivity contribution in [3.05, 3.63) is 60.2 Å². The fourth-order valence-corrected chi connectivity index (χ4v) is 6.97. The van der Waals surface area contributed by atoms with Crippen LogP contribution in [0.2, 0.25) is 0 Å². The van der Waals surface area contributed by atoms with Gasteiger partial charge in [-0.2, -0.15) is 11.8 Å². The zero-order valence-electron chi connectivity index (χ0n) is 21.2. The van der Waals surface area contributed by atoms with Crippen LogP contribution in [0.1, 0.15) is 12.0 Å². The van der Waals surface area contributed by atoms with Crippen LogP contribution in [0.15, 0.2) is 54.6 Å². The maximum Gasteiger partial charge on any atom is 0.253 e. The van der Waals surface area contributed by atoms with E-state index in [-0.39, 0.29) is 36.2 Å². The van der Waals surface area contributed by atoms with Crippen LogP contribution in [0, 0.1) is 11.8 Å².